The molecule has 0 aromatic carbocycles. The monoisotopic (exact) mass is 476 g/mol. The number of hydrogen-bond acceptors (Lipinski definition) is 6. The Hall–Kier alpha value is -2.72. The van der Waals surface area contributed by atoms with Crippen LogP contribution in [0.3, 0.4) is 0 Å². The molecule has 0 aliphatic carbocycles. The molecule has 1 saturated heterocycles. The highest BCUT2D eigenvalue weighted by molar-refractivity contribution is 7.89. The van der Waals surface area contributed by atoms with Crippen molar-refractivity contribution in [2.45, 2.75) is 58.9 Å². The minimum absolute atomic E-state index is 0.0262. The van der Waals surface area contributed by atoms with Gasteiger partial charge in [0.15, 0.2) is 0 Å². The van der Waals surface area contributed by atoms with Crippen LogP contribution >= 0.6 is 0 Å². The highest BCUT2D eigenvalue weighted by Gasteiger charge is 2.39. The van der Waals surface area contributed by atoms with Gasteiger partial charge in [-0.1, -0.05) is 0 Å². The Kier molecular flexibility index (Phi) is 7.58. The Morgan fingerprint density at radius 2 is 1.94 bits per heavy atom. The predicted molar refractivity (Wildman–Crippen MR) is 125 cm³/mol. The largest absolute Gasteiger partial charge is 0.462 e. The highest BCUT2D eigenvalue weighted by Crippen LogP contribution is 2.32. The van der Waals surface area contributed by atoms with Gasteiger partial charge in [-0.05, 0) is 65.2 Å². The van der Waals surface area contributed by atoms with Crippen LogP contribution in [0.5, 0.6) is 0 Å². The number of ether oxygens (including phenoxy) is 1. The Balaban J connectivity index is 1.91. The van der Waals surface area contributed by atoms with Crippen LogP contribution < -0.4 is 5.32 Å². The maximum atomic E-state index is 13.8. The first-order chi connectivity index (χ1) is 15.6. The summed E-state index contributed by atoms with van der Waals surface area (Å²) in [5, 5.41) is 2.79. The number of esters is 1. The zero-order chi connectivity index (χ0) is 24.3. The number of sulfonamides is 1. The molecule has 1 atom stereocenters. The van der Waals surface area contributed by atoms with Crippen molar-refractivity contribution in [1.29, 1.82) is 0 Å². The molecular weight excluding hydrogens is 444 g/mol. The van der Waals surface area contributed by atoms with Crippen molar-refractivity contribution >= 4 is 27.7 Å². The van der Waals surface area contributed by atoms with Crippen LogP contribution in [0.1, 0.15) is 54.0 Å². The summed E-state index contributed by atoms with van der Waals surface area (Å²) in [5.74, 6) is -0.994. The van der Waals surface area contributed by atoms with Crippen LogP contribution in [0, 0.1) is 26.7 Å². The van der Waals surface area contributed by atoms with E-state index in [1.165, 1.54) is 4.31 Å². The molecule has 1 fully saturated rings. The number of anilines is 1. The van der Waals surface area contributed by atoms with Gasteiger partial charge in [0, 0.05) is 37.2 Å². The average molecular weight is 477 g/mol. The van der Waals surface area contributed by atoms with Crippen LogP contribution in [-0.4, -0.2) is 53.8 Å². The summed E-state index contributed by atoms with van der Waals surface area (Å²) < 4.78 is 35.8. The quantitative estimate of drug-likeness (QED) is 0.615. The van der Waals surface area contributed by atoms with E-state index < -0.39 is 21.9 Å². The number of carbonyl (C=O) groups excluding carboxylic acids is 2. The first kappa shape index (κ1) is 24.9. The van der Waals surface area contributed by atoms with Gasteiger partial charge in [0.2, 0.25) is 15.9 Å². The number of aryl methyl sites for hydroxylation is 1. The van der Waals surface area contributed by atoms with Crippen LogP contribution in [0.25, 0.3) is 0 Å². The average Bonchev–Trinajstić information content (AvgIpc) is 3.04. The SMILES string of the molecule is CCOC(=O)c1c(S(=O)(=O)N2CCC[C@@H](C(=O)Nc3cc(C)ccn3)C2)c(C)n(CC)c1C. The van der Waals surface area contributed by atoms with Crippen LogP contribution in [-0.2, 0) is 26.1 Å². The maximum absolute atomic E-state index is 13.8. The third kappa shape index (κ3) is 4.96. The van der Waals surface area contributed by atoms with Crippen LogP contribution in [0.4, 0.5) is 5.82 Å². The summed E-state index contributed by atoms with van der Waals surface area (Å²) in [5.41, 5.74) is 2.09. The van der Waals surface area contributed by atoms with Crippen molar-refractivity contribution in [3.05, 3.63) is 40.8 Å². The molecule has 1 N–H and O–H groups in total. The number of pyridine rings is 1. The summed E-state index contributed by atoms with van der Waals surface area (Å²) in [7, 11) is -4.03. The lowest BCUT2D eigenvalue weighted by Crippen LogP contribution is -2.44. The fourth-order valence-corrected chi connectivity index (χ4v) is 6.40. The molecule has 10 heteroatoms. The van der Waals surface area contributed by atoms with Gasteiger partial charge in [-0.3, -0.25) is 4.79 Å². The fourth-order valence-electron chi connectivity index (χ4n) is 4.42. The molecular formula is C23H32N4O5S. The van der Waals surface area contributed by atoms with Crippen molar-refractivity contribution in [3.63, 3.8) is 0 Å². The number of amides is 1. The smallest absolute Gasteiger partial charge is 0.341 e. The molecule has 1 aliphatic rings. The molecule has 1 amide bonds. The van der Waals surface area contributed by atoms with Crippen molar-refractivity contribution in [1.82, 2.24) is 13.9 Å². The molecule has 0 radical (unpaired) electrons. The van der Waals surface area contributed by atoms with Crippen molar-refractivity contribution in [2.75, 3.05) is 25.0 Å². The summed E-state index contributed by atoms with van der Waals surface area (Å²) in [4.78, 5) is 29.7. The third-order valence-electron chi connectivity index (χ3n) is 6.04. The lowest BCUT2D eigenvalue weighted by atomic mass is 9.99. The highest BCUT2D eigenvalue weighted by atomic mass is 32.2. The fraction of sp³-hybridized carbons (Fsp3) is 0.522. The predicted octanol–water partition coefficient (Wildman–Crippen LogP) is 3.04. The molecule has 33 heavy (non-hydrogen) atoms. The van der Waals surface area contributed by atoms with E-state index in [0.29, 0.717) is 36.6 Å². The van der Waals surface area contributed by atoms with Crippen molar-refractivity contribution < 1.29 is 22.7 Å². The minimum Gasteiger partial charge on any atom is -0.462 e. The second-order valence-corrected chi connectivity index (χ2v) is 10.1. The van der Waals surface area contributed by atoms with Gasteiger partial charge in [-0.25, -0.2) is 18.2 Å². The number of nitrogens with one attached hydrogen (secondary N) is 1. The Morgan fingerprint density at radius 3 is 2.58 bits per heavy atom. The zero-order valence-corrected chi connectivity index (χ0v) is 20.7. The molecule has 180 valence electrons. The molecule has 3 rings (SSSR count). The summed E-state index contributed by atoms with van der Waals surface area (Å²) in [6.45, 7) is 9.90. The van der Waals surface area contributed by atoms with Gasteiger partial charge < -0.3 is 14.6 Å². The van der Waals surface area contributed by atoms with E-state index in [1.807, 2.05) is 19.9 Å². The molecule has 0 unspecified atom stereocenters. The van der Waals surface area contributed by atoms with Gasteiger partial charge in [0.05, 0.1) is 12.5 Å². The Bertz CT molecular complexity index is 1160. The lowest BCUT2D eigenvalue weighted by molar-refractivity contribution is -0.120. The van der Waals surface area contributed by atoms with E-state index in [2.05, 4.69) is 10.3 Å². The first-order valence-corrected chi connectivity index (χ1v) is 12.7. The molecule has 0 spiro atoms. The Morgan fingerprint density at radius 1 is 1.21 bits per heavy atom. The van der Waals surface area contributed by atoms with Gasteiger partial charge in [-0.2, -0.15) is 4.31 Å². The molecule has 9 nitrogen and oxygen atoms in total. The first-order valence-electron chi connectivity index (χ1n) is 11.2. The maximum Gasteiger partial charge on any atom is 0.341 e. The molecule has 2 aromatic heterocycles. The number of aromatic nitrogens is 2. The normalized spacial score (nSPS) is 17.1. The molecule has 0 saturated carbocycles. The Labute approximate surface area is 195 Å². The van der Waals surface area contributed by atoms with E-state index in [0.717, 1.165) is 5.56 Å². The van der Waals surface area contributed by atoms with E-state index in [9.17, 15) is 18.0 Å². The summed E-state index contributed by atoms with van der Waals surface area (Å²) in [6.07, 6.45) is 2.73. The lowest BCUT2D eigenvalue weighted by Gasteiger charge is -2.31. The third-order valence-corrected chi connectivity index (χ3v) is 8.07. The molecule has 3 heterocycles. The second-order valence-electron chi connectivity index (χ2n) is 8.25. The molecule has 0 bridgehead atoms. The van der Waals surface area contributed by atoms with Gasteiger partial charge in [0.25, 0.3) is 0 Å². The van der Waals surface area contributed by atoms with Crippen molar-refractivity contribution in [2.24, 2.45) is 5.92 Å². The minimum atomic E-state index is -4.03. The van der Waals surface area contributed by atoms with Gasteiger partial charge in [0.1, 0.15) is 16.3 Å². The van der Waals surface area contributed by atoms with E-state index >= 15 is 0 Å². The standard InChI is InChI=1S/C23H32N4O5S/c1-6-27-16(4)20(23(29)32-7-2)21(17(27)5)33(30,31)26-12-8-9-18(14-26)22(28)25-19-13-15(3)10-11-24-19/h10-11,13,18H,6-9,12,14H2,1-5H3,(H,24,25,28)/t18-/m1/s1. The van der Waals surface area contributed by atoms with E-state index in [1.54, 1.807) is 37.6 Å². The number of rotatable bonds is 7. The number of piperidine rings is 1. The topological polar surface area (TPSA) is 111 Å². The van der Waals surface area contributed by atoms with Crippen molar-refractivity contribution in [3.8, 4) is 0 Å². The van der Waals surface area contributed by atoms with E-state index in [4.69, 9.17) is 4.74 Å². The number of hydrogen-bond donors (Lipinski definition) is 1. The summed E-state index contributed by atoms with van der Waals surface area (Å²) >= 11 is 0. The van der Waals surface area contributed by atoms with Crippen LogP contribution in [0.15, 0.2) is 23.2 Å². The summed E-state index contributed by atoms with van der Waals surface area (Å²) in [6, 6.07) is 3.60. The second kappa shape index (κ2) is 10.0. The van der Waals surface area contributed by atoms with Gasteiger partial charge >= 0.3 is 5.97 Å². The molecule has 2 aromatic rings. The van der Waals surface area contributed by atoms with Gasteiger partial charge in [-0.15, -0.1) is 0 Å². The molecule has 1 aliphatic heterocycles. The number of nitrogens with zero attached hydrogens (tertiary/aromatic N) is 3. The number of carbonyl (C=O) groups is 2. The van der Waals surface area contributed by atoms with E-state index in [-0.39, 0.29) is 36.1 Å². The zero-order valence-electron chi connectivity index (χ0n) is 19.8. The van der Waals surface area contributed by atoms with Crippen LogP contribution in [0.2, 0.25) is 0 Å².